The standard InChI is InChI=1S/C27H28F2N8O/c1-16(2)37-23-12-17(11-20(28)26(23)35(3)15-24(37)38)25-21(29)14-32-27(34-25)33-19-4-5-22(18(10-19)13-30)36-8-6-31-7-9-36/h4-5,10-12,14,16,31H,6-9,15H2,1-3H3,(H,32,33,34). The number of aromatic nitrogens is 2. The maximum atomic E-state index is 15.3. The zero-order valence-corrected chi connectivity index (χ0v) is 21.4. The zero-order chi connectivity index (χ0) is 27.0. The van der Waals surface area contributed by atoms with Crippen LogP contribution in [0.3, 0.4) is 0 Å². The van der Waals surface area contributed by atoms with Gasteiger partial charge in [-0.2, -0.15) is 5.26 Å². The van der Waals surface area contributed by atoms with Crippen LogP contribution in [-0.4, -0.2) is 61.7 Å². The van der Waals surface area contributed by atoms with Crippen LogP contribution in [0.2, 0.25) is 0 Å². The van der Waals surface area contributed by atoms with Crippen LogP contribution >= 0.6 is 0 Å². The fourth-order valence-electron chi connectivity index (χ4n) is 4.99. The summed E-state index contributed by atoms with van der Waals surface area (Å²) in [5, 5.41) is 16.0. The van der Waals surface area contributed by atoms with E-state index in [0.717, 1.165) is 38.1 Å². The number of hydrogen-bond acceptors (Lipinski definition) is 8. The molecule has 2 N–H and O–H groups in total. The Balaban J connectivity index is 1.49. The molecular weight excluding hydrogens is 490 g/mol. The lowest BCUT2D eigenvalue weighted by atomic mass is 10.0. The number of hydrogen-bond donors (Lipinski definition) is 2. The highest BCUT2D eigenvalue weighted by molar-refractivity contribution is 6.04. The monoisotopic (exact) mass is 518 g/mol. The lowest BCUT2D eigenvalue weighted by Gasteiger charge is -2.38. The van der Waals surface area contributed by atoms with Gasteiger partial charge in [0.05, 0.1) is 35.4 Å². The molecule has 2 aliphatic rings. The van der Waals surface area contributed by atoms with Crippen LogP contribution in [0.1, 0.15) is 19.4 Å². The lowest BCUT2D eigenvalue weighted by molar-refractivity contribution is -0.117. The van der Waals surface area contributed by atoms with Crippen LogP contribution in [0.25, 0.3) is 11.3 Å². The molecule has 3 heterocycles. The molecule has 11 heteroatoms. The van der Waals surface area contributed by atoms with E-state index < -0.39 is 11.6 Å². The second-order valence-corrected chi connectivity index (χ2v) is 9.64. The third kappa shape index (κ3) is 4.70. The number of amides is 1. The van der Waals surface area contributed by atoms with E-state index in [4.69, 9.17) is 0 Å². The summed E-state index contributed by atoms with van der Waals surface area (Å²) >= 11 is 0. The smallest absolute Gasteiger partial charge is 0.246 e. The number of nitriles is 1. The highest BCUT2D eigenvalue weighted by atomic mass is 19.1. The molecule has 0 spiro atoms. The molecule has 2 aromatic carbocycles. The molecular formula is C27H28F2N8O. The fraction of sp³-hybridized carbons (Fsp3) is 0.333. The highest BCUT2D eigenvalue weighted by Gasteiger charge is 2.32. The number of benzene rings is 2. The number of likely N-dealkylation sites (N-methyl/N-ethyl adjacent to an activating group) is 1. The van der Waals surface area contributed by atoms with Gasteiger partial charge in [0.15, 0.2) is 5.82 Å². The summed E-state index contributed by atoms with van der Waals surface area (Å²) in [6.07, 6.45) is 1.01. The predicted molar refractivity (Wildman–Crippen MR) is 143 cm³/mol. The third-order valence-corrected chi connectivity index (χ3v) is 6.69. The molecule has 3 aromatic rings. The summed E-state index contributed by atoms with van der Waals surface area (Å²) in [7, 11) is 1.65. The van der Waals surface area contributed by atoms with Crippen molar-refractivity contribution in [3.8, 4) is 17.3 Å². The molecule has 1 saturated heterocycles. The second kappa shape index (κ2) is 10.2. The summed E-state index contributed by atoms with van der Waals surface area (Å²) in [6, 6.07) is 10.2. The van der Waals surface area contributed by atoms with Gasteiger partial charge < -0.3 is 25.3 Å². The first kappa shape index (κ1) is 25.4. The third-order valence-electron chi connectivity index (χ3n) is 6.69. The van der Waals surface area contributed by atoms with Gasteiger partial charge in [0.1, 0.15) is 17.6 Å². The average Bonchev–Trinajstić information content (AvgIpc) is 2.89. The normalized spacial score (nSPS) is 15.5. The van der Waals surface area contributed by atoms with Crippen LogP contribution < -0.4 is 25.3 Å². The van der Waals surface area contributed by atoms with Gasteiger partial charge in [-0.25, -0.2) is 18.7 Å². The zero-order valence-electron chi connectivity index (χ0n) is 21.4. The summed E-state index contributed by atoms with van der Waals surface area (Å²) in [6.45, 7) is 7.04. The number of rotatable bonds is 5. The van der Waals surface area contributed by atoms with Crippen molar-refractivity contribution in [1.29, 1.82) is 5.26 Å². The molecule has 0 radical (unpaired) electrons. The fourth-order valence-corrected chi connectivity index (χ4v) is 4.99. The van der Waals surface area contributed by atoms with E-state index in [2.05, 4.69) is 31.6 Å². The van der Waals surface area contributed by atoms with Gasteiger partial charge in [-0.15, -0.1) is 0 Å². The van der Waals surface area contributed by atoms with Crippen molar-refractivity contribution in [2.75, 3.05) is 59.8 Å². The average molecular weight is 519 g/mol. The van der Waals surface area contributed by atoms with Gasteiger partial charge in [0.25, 0.3) is 0 Å². The van der Waals surface area contributed by atoms with Gasteiger partial charge in [-0.05, 0) is 44.2 Å². The quantitative estimate of drug-likeness (QED) is 0.528. The number of fused-ring (bicyclic) bond motifs is 1. The molecule has 1 aromatic heterocycles. The molecule has 196 valence electrons. The van der Waals surface area contributed by atoms with Gasteiger partial charge in [-0.1, -0.05) is 0 Å². The van der Waals surface area contributed by atoms with E-state index in [-0.39, 0.29) is 41.4 Å². The van der Waals surface area contributed by atoms with Crippen molar-refractivity contribution < 1.29 is 13.6 Å². The first-order chi connectivity index (χ1) is 18.3. The summed E-state index contributed by atoms with van der Waals surface area (Å²) < 4.78 is 30.2. The Labute approximate surface area is 219 Å². The largest absolute Gasteiger partial charge is 0.368 e. The van der Waals surface area contributed by atoms with Gasteiger partial charge in [0, 0.05) is 50.5 Å². The SMILES string of the molecule is CC(C)N1C(=O)CN(C)c2c(F)cc(-c3nc(Nc4ccc(N5CCNCC5)c(C#N)c4)ncc3F)cc21. The molecule has 9 nitrogen and oxygen atoms in total. The van der Waals surface area contributed by atoms with E-state index in [1.807, 2.05) is 26.0 Å². The van der Waals surface area contributed by atoms with Crippen molar-refractivity contribution in [1.82, 2.24) is 15.3 Å². The van der Waals surface area contributed by atoms with Gasteiger partial charge in [0.2, 0.25) is 11.9 Å². The van der Waals surface area contributed by atoms with Gasteiger partial charge >= 0.3 is 0 Å². The van der Waals surface area contributed by atoms with E-state index in [1.165, 1.54) is 11.0 Å². The minimum atomic E-state index is -0.728. The lowest BCUT2D eigenvalue weighted by Crippen LogP contribution is -2.47. The highest BCUT2D eigenvalue weighted by Crippen LogP contribution is 2.40. The molecule has 0 saturated carbocycles. The van der Waals surface area contributed by atoms with Crippen molar-refractivity contribution in [3.05, 3.63) is 53.7 Å². The predicted octanol–water partition coefficient (Wildman–Crippen LogP) is 3.64. The van der Waals surface area contributed by atoms with Crippen molar-refractivity contribution in [2.24, 2.45) is 0 Å². The van der Waals surface area contributed by atoms with Crippen molar-refractivity contribution >= 4 is 34.6 Å². The maximum absolute atomic E-state index is 15.3. The Morgan fingerprint density at radius 2 is 1.87 bits per heavy atom. The minimum absolute atomic E-state index is 0.0511. The van der Waals surface area contributed by atoms with E-state index in [9.17, 15) is 14.4 Å². The van der Waals surface area contributed by atoms with Crippen LogP contribution in [0.4, 0.5) is 37.5 Å². The minimum Gasteiger partial charge on any atom is -0.368 e. The van der Waals surface area contributed by atoms with Crippen LogP contribution in [0.15, 0.2) is 36.5 Å². The Morgan fingerprint density at radius 1 is 1.11 bits per heavy atom. The van der Waals surface area contributed by atoms with E-state index in [0.29, 0.717) is 16.9 Å². The van der Waals surface area contributed by atoms with E-state index in [1.54, 1.807) is 24.1 Å². The number of anilines is 5. The van der Waals surface area contributed by atoms with Crippen LogP contribution in [0, 0.1) is 23.0 Å². The molecule has 2 aliphatic heterocycles. The van der Waals surface area contributed by atoms with Gasteiger partial charge in [-0.3, -0.25) is 4.79 Å². The topological polar surface area (TPSA) is 100 Å². The number of carbonyl (C=O) groups is 1. The number of carbonyl (C=O) groups excluding carboxylic acids is 1. The summed E-state index contributed by atoms with van der Waals surface area (Å²) in [5.41, 5.74) is 2.63. The molecule has 0 aliphatic carbocycles. The van der Waals surface area contributed by atoms with Crippen molar-refractivity contribution in [2.45, 2.75) is 19.9 Å². The Bertz CT molecular complexity index is 1430. The summed E-state index contributed by atoms with van der Waals surface area (Å²) in [4.78, 5) is 26.3. The van der Waals surface area contributed by atoms with Crippen LogP contribution in [-0.2, 0) is 4.79 Å². The second-order valence-electron chi connectivity index (χ2n) is 9.64. The molecule has 1 amide bonds. The first-order valence-electron chi connectivity index (χ1n) is 12.4. The first-order valence-corrected chi connectivity index (χ1v) is 12.4. The van der Waals surface area contributed by atoms with Crippen LogP contribution in [0.5, 0.6) is 0 Å². The Kier molecular flexibility index (Phi) is 6.82. The maximum Gasteiger partial charge on any atom is 0.246 e. The molecule has 0 atom stereocenters. The summed E-state index contributed by atoms with van der Waals surface area (Å²) in [5.74, 6) is -1.39. The number of piperazine rings is 1. The molecule has 5 rings (SSSR count). The van der Waals surface area contributed by atoms with Crippen molar-refractivity contribution in [3.63, 3.8) is 0 Å². The molecule has 1 fully saturated rings. The Hall–Kier alpha value is -4.30. The number of nitrogens with zero attached hydrogens (tertiary/aromatic N) is 6. The Morgan fingerprint density at radius 3 is 2.58 bits per heavy atom. The van der Waals surface area contributed by atoms with E-state index >= 15 is 4.39 Å². The number of nitrogens with one attached hydrogen (secondary N) is 2. The number of halogens is 2. The molecule has 0 unspecified atom stereocenters. The molecule has 38 heavy (non-hydrogen) atoms. The molecule has 0 bridgehead atoms.